The average molecular weight is 317 g/mol. The highest BCUT2D eigenvalue weighted by molar-refractivity contribution is 7.17. The van der Waals surface area contributed by atoms with Crippen LogP contribution in [0.3, 0.4) is 0 Å². The Hall–Kier alpha value is -2.28. The van der Waals surface area contributed by atoms with Crippen LogP contribution >= 0.6 is 11.3 Å². The van der Waals surface area contributed by atoms with Gasteiger partial charge in [0.25, 0.3) is 5.91 Å². The quantitative estimate of drug-likeness (QED) is 0.938. The zero-order valence-corrected chi connectivity index (χ0v) is 12.8. The van der Waals surface area contributed by atoms with E-state index in [2.05, 4.69) is 9.97 Å². The number of aryl methyl sites for hydroxylation is 1. The van der Waals surface area contributed by atoms with Crippen molar-refractivity contribution in [2.75, 3.05) is 6.54 Å². The Bertz CT molecular complexity index is 714. The third kappa shape index (κ3) is 2.59. The summed E-state index contributed by atoms with van der Waals surface area (Å²) in [5.74, 6) is -1.18. The molecule has 0 spiro atoms. The SMILES string of the molecule is Cc1nc(-c2ccncc2)sc1C(=O)N1CCCC1C(=O)O. The molecular formula is C15H15N3O3S. The smallest absolute Gasteiger partial charge is 0.326 e. The first-order valence-electron chi connectivity index (χ1n) is 6.99. The van der Waals surface area contributed by atoms with Crippen molar-refractivity contribution in [3.05, 3.63) is 35.1 Å². The normalized spacial score (nSPS) is 17.7. The van der Waals surface area contributed by atoms with Crippen LogP contribution in [0.25, 0.3) is 10.6 Å². The van der Waals surface area contributed by atoms with Gasteiger partial charge in [0.2, 0.25) is 0 Å². The lowest BCUT2D eigenvalue weighted by molar-refractivity contribution is -0.141. The second-order valence-corrected chi connectivity index (χ2v) is 6.16. The van der Waals surface area contributed by atoms with Crippen LogP contribution in [0.4, 0.5) is 0 Å². The lowest BCUT2D eigenvalue weighted by Crippen LogP contribution is -2.40. The van der Waals surface area contributed by atoms with Crippen LogP contribution in [0.5, 0.6) is 0 Å². The van der Waals surface area contributed by atoms with Gasteiger partial charge in [-0.05, 0) is 31.9 Å². The fraction of sp³-hybridized carbons (Fsp3) is 0.333. The number of likely N-dealkylation sites (tertiary alicyclic amines) is 1. The molecule has 22 heavy (non-hydrogen) atoms. The molecule has 1 amide bonds. The second-order valence-electron chi connectivity index (χ2n) is 5.16. The van der Waals surface area contributed by atoms with E-state index in [1.54, 1.807) is 19.3 Å². The summed E-state index contributed by atoms with van der Waals surface area (Å²) in [6.45, 7) is 2.26. The molecule has 0 aromatic carbocycles. The van der Waals surface area contributed by atoms with Gasteiger partial charge in [0.1, 0.15) is 15.9 Å². The lowest BCUT2D eigenvalue weighted by Gasteiger charge is -2.20. The first-order valence-corrected chi connectivity index (χ1v) is 7.81. The average Bonchev–Trinajstić information content (AvgIpc) is 3.14. The van der Waals surface area contributed by atoms with E-state index >= 15 is 0 Å². The maximum Gasteiger partial charge on any atom is 0.326 e. The van der Waals surface area contributed by atoms with E-state index in [-0.39, 0.29) is 5.91 Å². The van der Waals surface area contributed by atoms with E-state index in [0.29, 0.717) is 23.5 Å². The van der Waals surface area contributed by atoms with Gasteiger partial charge in [0.05, 0.1) is 5.69 Å². The predicted molar refractivity (Wildman–Crippen MR) is 81.8 cm³/mol. The van der Waals surface area contributed by atoms with Crippen molar-refractivity contribution in [2.24, 2.45) is 0 Å². The molecule has 1 saturated heterocycles. The van der Waals surface area contributed by atoms with Crippen LogP contribution in [-0.4, -0.2) is 44.4 Å². The summed E-state index contributed by atoms with van der Waals surface area (Å²) in [5, 5.41) is 9.96. The van der Waals surface area contributed by atoms with E-state index in [1.807, 2.05) is 12.1 Å². The highest BCUT2D eigenvalue weighted by atomic mass is 32.1. The minimum atomic E-state index is -0.942. The largest absolute Gasteiger partial charge is 0.480 e. The molecule has 7 heteroatoms. The Kier molecular flexibility index (Phi) is 3.89. The van der Waals surface area contributed by atoms with Gasteiger partial charge in [-0.2, -0.15) is 0 Å². The molecule has 1 unspecified atom stereocenters. The van der Waals surface area contributed by atoms with E-state index in [9.17, 15) is 14.7 Å². The molecule has 0 saturated carbocycles. The van der Waals surface area contributed by atoms with Crippen molar-refractivity contribution >= 4 is 23.2 Å². The van der Waals surface area contributed by atoms with Crippen LogP contribution in [0.1, 0.15) is 28.2 Å². The first-order chi connectivity index (χ1) is 10.6. The van der Waals surface area contributed by atoms with E-state index < -0.39 is 12.0 Å². The topological polar surface area (TPSA) is 83.4 Å². The van der Waals surface area contributed by atoms with E-state index in [0.717, 1.165) is 17.0 Å². The molecule has 0 bridgehead atoms. The fourth-order valence-corrected chi connectivity index (χ4v) is 3.64. The van der Waals surface area contributed by atoms with Crippen LogP contribution in [-0.2, 0) is 4.79 Å². The Morgan fingerprint density at radius 2 is 2.09 bits per heavy atom. The molecule has 0 aliphatic carbocycles. The number of thiazole rings is 1. The molecule has 3 heterocycles. The molecule has 114 valence electrons. The summed E-state index contributed by atoms with van der Waals surface area (Å²) in [7, 11) is 0. The lowest BCUT2D eigenvalue weighted by atomic mass is 10.2. The molecule has 1 aliphatic heterocycles. The van der Waals surface area contributed by atoms with Gasteiger partial charge in [-0.15, -0.1) is 11.3 Å². The monoisotopic (exact) mass is 317 g/mol. The molecule has 6 nitrogen and oxygen atoms in total. The number of aromatic nitrogens is 2. The summed E-state index contributed by atoms with van der Waals surface area (Å²) in [6, 6.07) is 2.95. The van der Waals surface area contributed by atoms with Crippen LogP contribution in [0.2, 0.25) is 0 Å². The highest BCUT2D eigenvalue weighted by Crippen LogP contribution is 2.30. The number of carbonyl (C=O) groups is 2. The number of nitrogens with zero attached hydrogens (tertiary/aromatic N) is 3. The molecule has 2 aromatic heterocycles. The Balaban J connectivity index is 1.91. The maximum absolute atomic E-state index is 12.6. The van der Waals surface area contributed by atoms with Gasteiger partial charge in [-0.25, -0.2) is 9.78 Å². The van der Waals surface area contributed by atoms with E-state index in [4.69, 9.17) is 0 Å². The second kappa shape index (κ2) is 5.84. The summed E-state index contributed by atoms with van der Waals surface area (Å²) >= 11 is 1.30. The van der Waals surface area contributed by atoms with Crippen molar-refractivity contribution in [2.45, 2.75) is 25.8 Å². The van der Waals surface area contributed by atoms with Crippen LogP contribution in [0.15, 0.2) is 24.5 Å². The van der Waals surface area contributed by atoms with Crippen molar-refractivity contribution in [3.8, 4) is 10.6 Å². The van der Waals surface area contributed by atoms with Crippen molar-refractivity contribution in [1.82, 2.24) is 14.9 Å². The third-order valence-electron chi connectivity index (χ3n) is 3.72. The maximum atomic E-state index is 12.6. The van der Waals surface area contributed by atoms with Crippen molar-refractivity contribution < 1.29 is 14.7 Å². The van der Waals surface area contributed by atoms with Crippen molar-refractivity contribution in [3.63, 3.8) is 0 Å². The first kappa shape index (κ1) is 14.6. The molecule has 3 rings (SSSR count). The Morgan fingerprint density at radius 3 is 2.77 bits per heavy atom. The minimum Gasteiger partial charge on any atom is -0.480 e. The van der Waals surface area contributed by atoms with Crippen LogP contribution in [0, 0.1) is 6.92 Å². The number of amides is 1. The zero-order chi connectivity index (χ0) is 15.7. The van der Waals surface area contributed by atoms with E-state index in [1.165, 1.54) is 16.2 Å². The van der Waals surface area contributed by atoms with Crippen LogP contribution < -0.4 is 0 Å². The van der Waals surface area contributed by atoms with Gasteiger partial charge in [-0.3, -0.25) is 9.78 Å². The van der Waals surface area contributed by atoms with Gasteiger partial charge in [0.15, 0.2) is 0 Å². The Morgan fingerprint density at radius 1 is 1.36 bits per heavy atom. The predicted octanol–water partition coefficient (Wildman–Crippen LogP) is 2.20. The van der Waals surface area contributed by atoms with Gasteiger partial charge < -0.3 is 10.0 Å². The number of hydrogen-bond acceptors (Lipinski definition) is 5. The number of carbonyl (C=O) groups excluding carboxylic acids is 1. The molecule has 0 radical (unpaired) electrons. The van der Waals surface area contributed by atoms with Gasteiger partial charge >= 0.3 is 5.97 Å². The summed E-state index contributed by atoms with van der Waals surface area (Å²) in [5.41, 5.74) is 1.54. The number of carboxylic acid groups (broad SMARTS) is 1. The number of carboxylic acids is 1. The minimum absolute atomic E-state index is 0.236. The summed E-state index contributed by atoms with van der Waals surface area (Å²) in [4.78, 5) is 34.3. The van der Waals surface area contributed by atoms with Gasteiger partial charge in [0, 0.05) is 24.5 Å². The molecular weight excluding hydrogens is 302 g/mol. The third-order valence-corrected chi connectivity index (χ3v) is 4.91. The van der Waals surface area contributed by atoms with Gasteiger partial charge in [-0.1, -0.05) is 0 Å². The fourth-order valence-electron chi connectivity index (χ4n) is 2.61. The standard InChI is InChI=1S/C15H15N3O3S/c1-9-12(14(19)18-8-2-3-11(18)15(20)21)22-13(17-9)10-4-6-16-7-5-10/h4-7,11H,2-3,8H2,1H3,(H,20,21). The zero-order valence-electron chi connectivity index (χ0n) is 12.0. The van der Waals surface area contributed by atoms with Crippen molar-refractivity contribution in [1.29, 1.82) is 0 Å². The Labute approximate surface area is 131 Å². The molecule has 1 fully saturated rings. The highest BCUT2D eigenvalue weighted by Gasteiger charge is 2.35. The molecule has 2 aromatic rings. The molecule has 1 atom stereocenters. The summed E-state index contributed by atoms with van der Waals surface area (Å²) < 4.78 is 0. The number of pyridine rings is 1. The number of aliphatic carboxylic acids is 1. The molecule has 1 N–H and O–H groups in total. The number of rotatable bonds is 3. The number of hydrogen-bond donors (Lipinski definition) is 1. The molecule has 1 aliphatic rings. The summed E-state index contributed by atoms with van der Waals surface area (Å²) in [6.07, 6.45) is 4.58.